The molecule has 0 unspecified atom stereocenters. The van der Waals surface area contributed by atoms with Gasteiger partial charge in [0, 0.05) is 6.54 Å². The van der Waals surface area contributed by atoms with E-state index < -0.39 is 30.8 Å². The van der Waals surface area contributed by atoms with Gasteiger partial charge in [-0.2, -0.15) is 0 Å². The molecule has 0 heterocycles. The first-order valence-electron chi connectivity index (χ1n) is 4.97. The molecule has 1 amide bonds. The van der Waals surface area contributed by atoms with Gasteiger partial charge >= 0.3 is 0 Å². The molecule has 0 aliphatic heterocycles. The molecule has 0 fully saturated rings. The predicted octanol–water partition coefficient (Wildman–Crippen LogP) is -2.02. The Balaban J connectivity index is 3.96. The molecule has 5 N–H and O–H groups in total. The van der Waals surface area contributed by atoms with E-state index in [0.717, 1.165) is 12.8 Å². The van der Waals surface area contributed by atoms with E-state index in [-0.39, 0.29) is 0 Å². The number of aliphatic hydroxyl groups excluding tert-OH is 4. The summed E-state index contributed by atoms with van der Waals surface area (Å²) in [6, 6.07) is 0. The molecule has 0 bridgehead atoms. The maximum atomic E-state index is 11.2. The summed E-state index contributed by atoms with van der Waals surface area (Å²) in [6.07, 6.45) is -3.23. The molecule has 0 radical (unpaired) electrons. The predicted molar refractivity (Wildman–Crippen MR) is 53.0 cm³/mol. The van der Waals surface area contributed by atoms with Gasteiger partial charge in [-0.3, -0.25) is 4.79 Å². The van der Waals surface area contributed by atoms with Crippen molar-refractivity contribution in [1.82, 2.24) is 5.32 Å². The molecule has 0 saturated carbocycles. The zero-order valence-electron chi connectivity index (χ0n) is 8.76. The van der Waals surface area contributed by atoms with E-state index in [1.807, 2.05) is 6.92 Å². The Morgan fingerprint density at radius 3 is 2.40 bits per heavy atom. The van der Waals surface area contributed by atoms with Gasteiger partial charge in [0.2, 0.25) is 0 Å². The number of carbonyl (C=O) groups excluding carboxylic acids is 1. The number of carbonyl (C=O) groups is 1. The van der Waals surface area contributed by atoms with Crippen LogP contribution in [0.25, 0.3) is 0 Å². The van der Waals surface area contributed by atoms with Gasteiger partial charge in [-0.1, -0.05) is 13.3 Å². The van der Waals surface area contributed by atoms with Gasteiger partial charge < -0.3 is 25.7 Å². The van der Waals surface area contributed by atoms with Crippen molar-refractivity contribution in [1.29, 1.82) is 0 Å². The van der Waals surface area contributed by atoms with Crippen molar-refractivity contribution in [2.45, 2.75) is 38.1 Å². The van der Waals surface area contributed by atoms with Crippen LogP contribution in [0.15, 0.2) is 0 Å². The first-order valence-corrected chi connectivity index (χ1v) is 4.97. The highest BCUT2D eigenvalue weighted by molar-refractivity contribution is 5.81. The van der Waals surface area contributed by atoms with E-state index in [1.54, 1.807) is 0 Å². The number of hydrogen-bond donors (Lipinski definition) is 5. The zero-order valence-corrected chi connectivity index (χ0v) is 8.76. The molecule has 15 heavy (non-hydrogen) atoms. The number of unbranched alkanes of at least 4 members (excludes halogenated alkanes) is 1. The summed E-state index contributed by atoms with van der Waals surface area (Å²) >= 11 is 0. The molecular formula is C9H19NO5. The highest BCUT2D eigenvalue weighted by atomic mass is 16.4. The molecule has 6 nitrogen and oxygen atoms in total. The van der Waals surface area contributed by atoms with Gasteiger partial charge in [0.15, 0.2) is 6.10 Å². The number of hydrogen-bond acceptors (Lipinski definition) is 5. The quantitative estimate of drug-likeness (QED) is 0.319. The van der Waals surface area contributed by atoms with E-state index in [9.17, 15) is 15.0 Å². The maximum absolute atomic E-state index is 11.2. The zero-order chi connectivity index (χ0) is 11.8. The van der Waals surface area contributed by atoms with Gasteiger partial charge in [-0.05, 0) is 6.42 Å². The Hall–Kier alpha value is -0.690. The molecule has 0 aromatic carbocycles. The van der Waals surface area contributed by atoms with Crippen molar-refractivity contribution in [3.8, 4) is 0 Å². The maximum Gasteiger partial charge on any atom is 0.251 e. The highest BCUT2D eigenvalue weighted by Crippen LogP contribution is 2.00. The molecule has 0 aromatic heterocycles. The third-order valence-electron chi connectivity index (χ3n) is 2.00. The van der Waals surface area contributed by atoms with Crippen LogP contribution in [-0.4, -0.2) is 57.8 Å². The summed E-state index contributed by atoms with van der Waals surface area (Å²) in [7, 11) is 0. The second kappa shape index (κ2) is 7.58. The van der Waals surface area contributed by atoms with E-state index in [1.165, 1.54) is 0 Å². The van der Waals surface area contributed by atoms with Crippen LogP contribution in [0.2, 0.25) is 0 Å². The fourth-order valence-electron chi connectivity index (χ4n) is 0.966. The Morgan fingerprint density at radius 2 is 1.93 bits per heavy atom. The van der Waals surface area contributed by atoms with Gasteiger partial charge in [0.05, 0.1) is 6.61 Å². The van der Waals surface area contributed by atoms with Crippen LogP contribution in [0.1, 0.15) is 19.8 Å². The average Bonchev–Trinajstić information content (AvgIpc) is 2.26. The Kier molecular flexibility index (Phi) is 7.23. The Labute approximate surface area is 88.5 Å². The monoisotopic (exact) mass is 221 g/mol. The second-order valence-electron chi connectivity index (χ2n) is 3.33. The largest absolute Gasteiger partial charge is 0.394 e. The van der Waals surface area contributed by atoms with Crippen molar-refractivity contribution >= 4 is 5.91 Å². The van der Waals surface area contributed by atoms with Crippen molar-refractivity contribution < 1.29 is 25.2 Å². The fraction of sp³-hybridized carbons (Fsp3) is 0.889. The van der Waals surface area contributed by atoms with Gasteiger partial charge in [0.1, 0.15) is 12.2 Å². The minimum atomic E-state index is -1.72. The van der Waals surface area contributed by atoms with Gasteiger partial charge in [-0.25, -0.2) is 0 Å². The second-order valence-corrected chi connectivity index (χ2v) is 3.33. The van der Waals surface area contributed by atoms with Crippen LogP contribution < -0.4 is 5.32 Å². The smallest absolute Gasteiger partial charge is 0.251 e. The fourth-order valence-corrected chi connectivity index (χ4v) is 0.966. The van der Waals surface area contributed by atoms with Crippen LogP contribution in [0.4, 0.5) is 0 Å². The highest BCUT2D eigenvalue weighted by Gasteiger charge is 2.29. The van der Waals surface area contributed by atoms with E-state index in [2.05, 4.69) is 5.32 Å². The lowest BCUT2D eigenvalue weighted by atomic mass is 10.1. The van der Waals surface area contributed by atoms with E-state index >= 15 is 0 Å². The summed E-state index contributed by atoms with van der Waals surface area (Å²) < 4.78 is 0. The summed E-state index contributed by atoms with van der Waals surface area (Å²) in [5.41, 5.74) is 0. The topological polar surface area (TPSA) is 110 Å². The molecule has 0 rings (SSSR count). The SMILES string of the molecule is CCCCNC(=O)[C@H](O)[C@@H](O)[C@@H](O)CO. The van der Waals surface area contributed by atoms with E-state index in [0.29, 0.717) is 6.54 Å². The lowest BCUT2D eigenvalue weighted by Crippen LogP contribution is -2.48. The standard InChI is InChI=1S/C9H19NO5/c1-2-3-4-10-9(15)8(14)7(13)6(12)5-11/h6-8,11-14H,2-5H2,1H3,(H,10,15)/t6-,7-,8+/m0/s1. The number of aliphatic hydroxyl groups is 4. The number of rotatable bonds is 7. The molecule has 0 aromatic rings. The van der Waals surface area contributed by atoms with Crippen molar-refractivity contribution in [2.24, 2.45) is 0 Å². The normalized spacial score (nSPS) is 16.9. The first kappa shape index (κ1) is 14.3. The average molecular weight is 221 g/mol. The molecule has 90 valence electrons. The van der Waals surface area contributed by atoms with Crippen LogP contribution in [0.3, 0.4) is 0 Å². The summed E-state index contributed by atoms with van der Waals surface area (Å²) in [5.74, 6) is -0.747. The van der Waals surface area contributed by atoms with Crippen LogP contribution >= 0.6 is 0 Å². The van der Waals surface area contributed by atoms with Gasteiger partial charge in [-0.15, -0.1) is 0 Å². The molecular weight excluding hydrogens is 202 g/mol. The molecule has 0 aliphatic carbocycles. The third kappa shape index (κ3) is 5.08. The first-order chi connectivity index (χ1) is 7.04. The summed E-state index contributed by atoms with van der Waals surface area (Å²) in [4.78, 5) is 11.2. The summed E-state index contributed by atoms with van der Waals surface area (Å²) in [5, 5.41) is 38.3. The lowest BCUT2D eigenvalue weighted by Gasteiger charge is -2.20. The van der Waals surface area contributed by atoms with Crippen molar-refractivity contribution in [2.75, 3.05) is 13.2 Å². The summed E-state index contributed by atoms with van der Waals surface area (Å²) in [6.45, 7) is 1.65. The minimum Gasteiger partial charge on any atom is -0.394 e. The molecule has 0 saturated heterocycles. The molecule has 6 heteroatoms. The van der Waals surface area contributed by atoms with Gasteiger partial charge in [0.25, 0.3) is 5.91 Å². The number of amides is 1. The molecule has 0 aliphatic rings. The Bertz CT molecular complexity index is 187. The Morgan fingerprint density at radius 1 is 1.33 bits per heavy atom. The number of nitrogens with one attached hydrogen (secondary N) is 1. The van der Waals surface area contributed by atoms with Crippen molar-refractivity contribution in [3.63, 3.8) is 0 Å². The third-order valence-corrected chi connectivity index (χ3v) is 2.00. The molecule has 0 spiro atoms. The van der Waals surface area contributed by atoms with E-state index in [4.69, 9.17) is 10.2 Å². The molecule has 3 atom stereocenters. The van der Waals surface area contributed by atoms with Crippen LogP contribution in [0.5, 0.6) is 0 Å². The lowest BCUT2D eigenvalue weighted by molar-refractivity contribution is -0.142. The van der Waals surface area contributed by atoms with Crippen molar-refractivity contribution in [3.05, 3.63) is 0 Å². The van der Waals surface area contributed by atoms with Crippen LogP contribution in [-0.2, 0) is 4.79 Å². The van der Waals surface area contributed by atoms with Crippen LogP contribution in [0, 0.1) is 0 Å². The minimum absolute atomic E-state index is 0.411.